The molecule has 0 saturated heterocycles. The predicted octanol–water partition coefficient (Wildman–Crippen LogP) is 0.123. The van der Waals surface area contributed by atoms with Crippen molar-refractivity contribution >= 4 is 5.78 Å². The van der Waals surface area contributed by atoms with Crippen molar-refractivity contribution in [3.63, 3.8) is 0 Å². The van der Waals surface area contributed by atoms with E-state index in [1.54, 1.807) is 0 Å². The van der Waals surface area contributed by atoms with Crippen molar-refractivity contribution < 1.29 is 5.11 Å². The highest BCUT2D eigenvalue weighted by Gasteiger charge is 2.15. The van der Waals surface area contributed by atoms with Crippen molar-refractivity contribution in [2.75, 3.05) is 6.61 Å². The fraction of sp³-hybridized carbons (Fsp3) is 0.500. The van der Waals surface area contributed by atoms with Crippen molar-refractivity contribution in [1.82, 2.24) is 19.6 Å². The van der Waals surface area contributed by atoms with Crippen LogP contribution in [0.2, 0.25) is 0 Å². The number of aliphatic hydroxyl groups excluding tert-OH is 1. The van der Waals surface area contributed by atoms with E-state index in [0.717, 1.165) is 11.4 Å². The summed E-state index contributed by atoms with van der Waals surface area (Å²) in [5, 5.41) is 16.9. The third-order valence-corrected chi connectivity index (χ3v) is 2.49. The van der Waals surface area contributed by atoms with Gasteiger partial charge in [-0.2, -0.15) is 0 Å². The number of nitrogens with two attached hydrogens (primary N) is 1. The topological polar surface area (TPSA) is 89.3 Å². The SMILES string of the molecule is Cc1cc(C)n2c(C(N)CCO)nnc2n1. The Hall–Kier alpha value is -1.53. The van der Waals surface area contributed by atoms with Crippen molar-refractivity contribution in [3.8, 4) is 0 Å². The fourth-order valence-corrected chi connectivity index (χ4v) is 1.76. The molecule has 86 valence electrons. The van der Waals surface area contributed by atoms with Gasteiger partial charge >= 0.3 is 0 Å². The molecule has 2 aromatic rings. The molecule has 0 spiro atoms. The van der Waals surface area contributed by atoms with Crippen LogP contribution in [0.4, 0.5) is 0 Å². The monoisotopic (exact) mass is 221 g/mol. The molecule has 0 radical (unpaired) electrons. The zero-order valence-electron chi connectivity index (χ0n) is 9.38. The van der Waals surface area contributed by atoms with Crippen LogP contribution in [0.3, 0.4) is 0 Å². The van der Waals surface area contributed by atoms with Gasteiger partial charge in [0, 0.05) is 18.0 Å². The number of hydrogen-bond acceptors (Lipinski definition) is 5. The van der Waals surface area contributed by atoms with Gasteiger partial charge in [0.2, 0.25) is 0 Å². The van der Waals surface area contributed by atoms with Gasteiger partial charge in [0.15, 0.2) is 5.82 Å². The molecule has 2 rings (SSSR count). The Morgan fingerprint density at radius 1 is 1.44 bits per heavy atom. The summed E-state index contributed by atoms with van der Waals surface area (Å²) in [6.45, 7) is 3.91. The Balaban J connectivity index is 2.55. The Bertz CT molecular complexity index is 507. The summed E-state index contributed by atoms with van der Waals surface area (Å²) in [6.07, 6.45) is 0.466. The smallest absolute Gasteiger partial charge is 0.255 e. The molecule has 16 heavy (non-hydrogen) atoms. The van der Waals surface area contributed by atoms with E-state index < -0.39 is 0 Å². The lowest BCUT2D eigenvalue weighted by Crippen LogP contribution is -2.16. The molecule has 2 heterocycles. The van der Waals surface area contributed by atoms with Crippen LogP contribution in [0.15, 0.2) is 6.07 Å². The first-order chi connectivity index (χ1) is 7.63. The maximum absolute atomic E-state index is 8.87. The van der Waals surface area contributed by atoms with Gasteiger partial charge in [-0.3, -0.25) is 4.40 Å². The maximum atomic E-state index is 8.87. The van der Waals surface area contributed by atoms with Crippen molar-refractivity contribution in [3.05, 3.63) is 23.3 Å². The minimum Gasteiger partial charge on any atom is -0.396 e. The van der Waals surface area contributed by atoms with E-state index in [-0.39, 0.29) is 12.6 Å². The Morgan fingerprint density at radius 2 is 2.19 bits per heavy atom. The van der Waals surface area contributed by atoms with Crippen molar-refractivity contribution in [2.24, 2.45) is 5.73 Å². The van der Waals surface area contributed by atoms with E-state index in [9.17, 15) is 0 Å². The van der Waals surface area contributed by atoms with Gasteiger partial charge in [0.1, 0.15) is 0 Å². The van der Waals surface area contributed by atoms with Crippen LogP contribution in [0.1, 0.15) is 29.7 Å². The molecule has 0 saturated carbocycles. The largest absolute Gasteiger partial charge is 0.396 e. The highest BCUT2D eigenvalue weighted by Crippen LogP contribution is 2.14. The summed E-state index contributed by atoms with van der Waals surface area (Å²) >= 11 is 0. The van der Waals surface area contributed by atoms with Gasteiger partial charge in [-0.25, -0.2) is 4.98 Å². The molecule has 0 aliphatic heterocycles. The van der Waals surface area contributed by atoms with E-state index in [1.807, 2.05) is 24.3 Å². The zero-order valence-corrected chi connectivity index (χ0v) is 9.38. The molecule has 0 aliphatic carbocycles. The van der Waals surface area contributed by atoms with Crippen LogP contribution in [0.5, 0.6) is 0 Å². The Kier molecular flexibility index (Phi) is 2.84. The molecule has 6 nitrogen and oxygen atoms in total. The van der Waals surface area contributed by atoms with Crippen LogP contribution >= 0.6 is 0 Å². The van der Waals surface area contributed by atoms with E-state index in [2.05, 4.69) is 15.2 Å². The van der Waals surface area contributed by atoms with E-state index in [0.29, 0.717) is 18.0 Å². The molecule has 0 amide bonds. The number of hydrogen-bond donors (Lipinski definition) is 2. The maximum Gasteiger partial charge on any atom is 0.255 e. The summed E-state index contributed by atoms with van der Waals surface area (Å²) in [6, 6.07) is 1.63. The first-order valence-corrected chi connectivity index (χ1v) is 5.19. The van der Waals surface area contributed by atoms with E-state index >= 15 is 0 Å². The molecule has 3 N–H and O–H groups in total. The molecule has 0 fully saturated rings. The number of nitrogens with zero attached hydrogens (tertiary/aromatic N) is 4. The summed E-state index contributed by atoms with van der Waals surface area (Å²) < 4.78 is 1.83. The van der Waals surface area contributed by atoms with Gasteiger partial charge in [-0.05, 0) is 26.3 Å². The highest BCUT2D eigenvalue weighted by atomic mass is 16.3. The normalized spacial score (nSPS) is 13.2. The molecule has 6 heteroatoms. The molecule has 0 bridgehead atoms. The van der Waals surface area contributed by atoms with Crippen LogP contribution < -0.4 is 5.73 Å². The minimum absolute atomic E-state index is 0.0361. The summed E-state index contributed by atoms with van der Waals surface area (Å²) in [4.78, 5) is 4.27. The molecule has 1 atom stereocenters. The molecular weight excluding hydrogens is 206 g/mol. The van der Waals surface area contributed by atoms with Crippen molar-refractivity contribution in [2.45, 2.75) is 26.3 Å². The van der Waals surface area contributed by atoms with Gasteiger partial charge in [0.25, 0.3) is 5.78 Å². The molecular formula is C10H15N5O. The number of fused-ring (bicyclic) bond motifs is 1. The quantitative estimate of drug-likeness (QED) is 0.768. The first-order valence-electron chi connectivity index (χ1n) is 5.19. The zero-order chi connectivity index (χ0) is 11.7. The third-order valence-electron chi connectivity index (χ3n) is 2.49. The summed E-state index contributed by atoms with van der Waals surface area (Å²) in [5.41, 5.74) is 7.81. The molecule has 0 aromatic carbocycles. The van der Waals surface area contributed by atoms with Crippen LogP contribution in [0, 0.1) is 13.8 Å². The van der Waals surface area contributed by atoms with Gasteiger partial charge < -0.3 is 10.8 Å². The lowest BCUT2D eigenvalue weighted by Gasteiger charge is -2.09. The summed E-state index contributed by atoms with van der Waals surface area (Å²) in [5.74, 6) is 1.20. The average Bonchev–Trinajstić information content (AvgIpc) is 2.61. The second kappa shape index (κ2) is 4.15. The van der Waals surface area contributed by atoms with E-state index in [1.165, 1.54) is 0 Å². The molecule has 0 aliphatic rings. The predicted molar refractivity (Wildman–Crippen MR) is 58.9 cm³/mol. The Labute approximate surface area is 93.1 Å². The van der Waals surface area contributed by atoms with E-state index in [4.69, 9.17) is 10.8 Å². The first kappa shape index (κ1) is 11.0. The van der Waals surface area contributed by atoms with Crippen LogP contribution in [-0.4, -0.2) is 31.3 Å². The second-order valence-electron chi connectivity index (χ2n) is 3.85. The third kappa shape index (κ3) is 1.77. The Morgan fingerprint density at radius 3 is 2.88 bits per heavy atom. The molecule has 1 unspecified atom stereocenters. The van der Waals surface area contributed by atoms with Gasteiger partial charge in [-0.15, -0.1) is 10.2 Å². The van der Waals surface area contributed by atoms with Gasteiger partial charge in [-0.1, -0.05) is 0 Å². The lowest BCUT2D eigenvalue weighted by molar-refractivity contribution is 0.274. The number of rotatable bonds is 3. The van der Waals surface area contributed by atoms with Crippen LogP contribution in [-0.2, 0) is 0 Å². The fourth-order valence-electron chi connectivity index (χ4n) is 1.76. The highest BCUT2D eigenvalue weighted by molar-refractivity contribution is 5.33. The minimum atomic E-state index is -0.316. The second-order valence-corrected chi connectivity index (χ2v) is 3.85. The lowest BCUT2D eigenvalue weighted by atomic mass is 10.2. The molecule has 2 aromatic heterocycles. The number of aromatic nitrogens is 4. The van der Waals surface area contributed by atoms with Crippen LogP contribution in [0.25, 0.3) is 5.78 Å². The summed E-state index contributed by atoms with van der Waals surface area (Å²) in [7, 11) is 0. The number of aryl methyl sites for hydroxylation is 2. The average molecular weight is 221 g/mol. The standard InChI is InChI=1S/C10H15N5O/c1-6-5-7(2)15-9(8(11)3-4-16)13-14-10(15)12-6/h5,8,16H,3-4,11H2,1-2H3. The van der Waals surface area contributed by atoms with Gasteiger partial charge in [0.05, 0.1) is 6.04 Å². The number of aliphatic hydroxyl groups is 1. The van der Waals surface area contributed by atoms with Crippen molar-refractivity contribution in [1.29, 1.82) is 0 Å².